The third-order valence-corrected chi connectivity index (χ3v) is 12.3. The average Bonchev–Trinajstić information content (AvgIpc) is 3.73. The molecule has 0 saturated heterocycles. The monoisotopic (exact) mass is 713 g/mol. The summed E-state index contributed by atoms with van der Waals surface area (Å²) >= 11 is 0. The molecule has 56 heavy (non-hydrogen) atoms. The SMILES string of the molecule is CC1(C)c2ccc(-c3cccc4c5c6ccccc6c6ccccc6c5n(-c5nc6ccccc6nc5-c5ccccc5)c34)cc2-c2c1ccc1ccccc21. The highest BCUT2D eigenvalue weighted by molar-refractivity contribution is 6.33. The second kappa shape index (κ2) is 11.5. The van der Waals surface area contributed by atoms with Gasteiger partial charge in [-0.1, -0.05) is 172 Å². The first-order valence-electron chi connectivity index (χ1n) is 19.4. The molecule has 12 rings (SSSR count). The number of hydrogen-bond donors (Lipinski definition) is 0. The zero-order valence-electron chi connectivity index (χ0n) is 31.1. The maximum absolute atomic E-state index is 5.56. The van der Waals surface area contributed by atoms with E-state index in [4.69, 9.17) is 9.97 Å². The zero-order valence-corrected chi connectivity index (χ0v) is 31.1. The van der Waals surface area contributed by atoms with E-state index in [2.05, 4.69) is 188 Å². The standard InChI is InChI=1S/C53H35N3/c1-53(2)43-29-28-34(31-42(43)47-35-18-7-6-15-32(35)27-30-44(47)53)36-23-14-24-41-48-39-21-10-8-19-37(39)38-20-9-11-22-40(38)51(48)56(50(36)41)52-49(33-16-4-3-5-17-33)54-45-25-12-13-26-46(45)55-52/h3-31H,1-2H3. The lowest BCUT2D eigenvalue weighted by atomic mass is 9.82. The largest absolute Gasteiger partial charge is 0.291 e. The van der Waals surface area contributed by atoms with Gasteiger partial charge in [0.2, 0.25) is 0 Å². The van der Waals surface area contributed by atoms with Crippen LogP contribution >= 0.6 is 0 Å². The third-order valence-electron chi connectivity index (χ3n) is 12.3. The molecule has 1 aliphatic rings. The van der Waals surface area contributed by atoms with Gasteiger partial charge < -0.3 is 0 Å². The molecule has 0 bridgehead atoms. The molecule has 0 amide bonds. The lowest BCUT2D eigenvalue weighted by Crippen LogP contribution is -2.14. The highest BCUT2D eigenvalue weighted by atomic mass is 15.1. The summed E-state index contributed by atoms with van der Waals surface area (Å²) in [5.74, 6) is 0.821. The van der Waals surface area contributed by atoms with Crippen molar-refractivity contribution in [1.82, 2.24) is 14.5 Å². The summed E-state index contributed by atoms with van der Waals surface area (Å²) in [4.78, 5) is 11.0. The van der Waals surface area contributed by atoms with Gasteiger partial charge in [0.1, 0.15) is 5.69 Å². The van der Waals surface area contributed by atoms with Crippen LogP contribution in [0.2, 0.25) is 0 Å². The third kappa shape index (κ3) is 4.23. The molecule has 0 saturated carbocycles. The fourth-order valence-corrected chi connectivity index (χ4v) is 9.80. The van der Waals surface area contributed by atoms with Gasteiger partial charge >= 0.3 is 0 Å². The molecule has 0 N–H and O–H groups in total. The van der Waals surface area contributed by atoms with E-state index in [-0.39, 0.29) is 5.41 Å². The minimum Gasteiger partial charge on any atom is -0.291 e. The van der Waals surface area contributed by atoms with Crippen LogP contribution < -0.4 is 0 Å². The summed E-state index contributed by atoms with van der Waals surface area (Å²) in [6, 6.07) is 63.9. The fraction of sp³-hybridized carbons (Fsp3) is 0.0566. The Morgan fingerprint density at radius 1 is 0.429 bits per heavy atom. The van der Waals surface area contributed by atoms with Crippen LogP contribution in [0.25, 0.3) is 104 Å². The number of benzene rings is 9. The van der Waals surface area contributed by atoms with Gasteiger partial charge in [0.15, 0.2) is 5.82 Å². The fourth-order valence-electron chi connectivity index (χ4n) is 9.80. The molecular formula is C53H35N3. The van der Waals surface area contributed by atoms with Gasteiger partial charge in [-0.25, -0.2) is 9.97 Å². The van der Waals surface area contributed by atoms with Crippen molar-refractivity contribution in [3.63, 3.8) is 0 Å². The van der Waals surface area contributed by atoms with Gasteiger partial charge in [0.25, 0.3) is 0 Å². The number of aromatic nitrogens is 3. The van der Waals surface area contributed by atoms with Gasteiger partial charge in [-0.05, 0) is 72.9 Å². The molecule has 2 heterocycles. The molecule has 9 aromatic carbocycles. The van der Waals surface area contributed by atoms with Crippen LogP contribution in [-0.2, 0) is 5.41 Å². The summed E-state index contributed by atoms with van der Waals surface area (Å²) in [6.07, 6.45) is 0. The lowest BCUT2D eigenvalue weighted by Gasteiger charge is -2.22. The normalized spacial score (nSPS) is 13.3. The Morgan fingerprint density at radius 2 is 1.05 bits per heavy atom. The maximum atomic E-state index is 5.56. The number of nitrogens with zero attached hydrogens (tertiary/aromatic N) is 3. The van der Waals surface area contributed by atoms with Crippen molar-refractivity contribution < 1.29 is 0 Å². The Labute approximate surface area is 324 Å². The minimum atomic E-state index is -0.114. The first-order valence-corrected chi connectivity index (χ1v) is 19.4. The Morgan fingerprint density at radius 3 is 1.86 bits per heavy atom. The van der Waals surface area contributed by atoms with Crippen LogP contribution in [0, 0.1) is 0 Å². The average molecular weight is 714 g/mol. The Hall–Kier alpha value is -7.10. The van der Waals surface area contributed by atoms with Crippen LogP contribution in [0.4, 0.5) is 0 Å². The first kappa shape index (κ1) is 31.3. The van der Waals surface area contributed by atoms with Crippen LogP contribution in [0.5, 0.6) is 0 Å². The summed E-state index contributed by atoms with van der Waals surface area (Å²) in [5.41, 5.74) is 13.5. The Balaban J connectivity index is 1.27. The van der Waals surface area contributed by atoms with E-state index in [1.54, 1.807) is 0 Å². The smallest absolute Gasteiger partial charge is 0.165 e. The van der Waals surface area contributed by atoms with Gasteiger partial charge in [0.05, 0.1) is 22.1 Å². The van der Waals surface area contributed by atoms with Crippen molar-refractivity contribution in [3.05, 3.63) is 187 Å². The molecule has 2 aromatic heterocycles. The van der Waals surface area contributed by atoms with E-state index in [9.17, 15) is 0 Å². The number of rotatable bonds is 3. The van der Waals surface area contributed by atoms with E-state index < -0.39 is 0 Å². The van der Waals surface area contributed by atoms with Crippen molar-refractivity contribution in [2.24, 2.45) is 0 Å². The quantitative estimate of drug-likeness (QED) is 0.171. The molecule has 0 radical (unpaired) electrons. The van der Waals surface area contributed by atoms with E-state index in [0.29, 0.717) is 0 Å². The predicted molar refractivity (Wildman–Crippen MR) is 235 cm³/mol. The Kier molecular flexibility index (Phi) is 6.40. The Bertz CT molecular complexity index is 3440. The van der Waals surface area contributed by atoms with Crippen molar-refractivity contribution in [2.45, 2.75) is 19.3 Å². The van der Waals surface area contributed by atoms with Crippen LogP contribution in [-0.4, -0.2) is 14.5 Å². The van der Waals surface area contributed by atoms with Gasteiger partial charge in [-0.15, -0.1) is 0 Å². The molecule has 0 fully saturated rings. The van der Waals surface area contributed by atoms with Crippen molar-refractivity contribution in [1.29, 1.82) is 0 Å². The van der Waals surface area contributed by atoms with Crippen LogP contribution in [0.1, 0.15) is 25.0 Å². The molecule has 3 heteroatoms. The van der Waals surface area contributed by atoms with Crippen molar-refractivity contribution in [3.8, 4) is 39.3 Å². The summed E-state index contributed by atoms with van der Waals surface area (Å²) < 4.78 is 2.44. The maximum Gasteiger partial charge on any atom is 0.165 e. The predicted octanol–water partition coefficient (Wildman–Crippen LogP) is 13.8. The second-order valence-electron chi connectivity index (χ2n) is 15.7. The van der Waals surface area contributed by atoms with Crippen LogP contribution in [0.15, 0.2) is 176 Å². The topological polar surface area (TPSA) is 30.7 Å². The minimum absolute atomic E-state index is 0.114. The zero-order chi connectivity index (χ0) is 37.1. The highest BCUT2D eigenvalue weighted by Crippen LogP contribution is 2.53. The highest BCUT2D eigenvalue weighted by Gasteiger charge is 2.37. The van der Waals surface area contributed by atoms with E-state index in [0.717, 1.165) is 44.7 Å². The number of fused-ring (bicyclic) bond motifs is 14. The summed E-state index contributed by atoms with van der Waals surface area (Å²) in [5, 5.41) is 9.88. The molecular weight excluding hydrogens is 679 g/mol. The van der Waals surface area contributed by atoms with Crippen LogP contribution in [0.3, 0.4) is 0 Å². The first-order chi connectivity index (χ1) is 27.6. The van der Waals surface area contributed by atoms with E-state index >= 15 is 0 Å². The molecule has 0 aliphatic heterocycles. The second-order valence-corrected chi connectivity index (χ2v) is 15.7. The van der Waals surface area contributed by atoms with E-state index in [1.165, 1.54) is 70.9 Å². The molecule has 1 aliphatic carbocycles. The molecule has 0 spiro atoms. The van der Waals surface area contributed by atoms with Crippen molar-refractivity contribution in [2.75, 3.05) is 0 Å². The molecule has 3 nitrogen and oxygen atoms in total. The van der Waals surface area contributed by atoms with Crippen molar-refractivity contribution >= 4 is 65.2 Å². The lowest BCUT2D eigenvalue weighted by molar-refractivity contribution is 0.661. The summed E-state index contributed by atoms with van der Waals surface area (Å²) in [7, 11) is 0. The number of hydrogen-bond acceptors (Lipinski definition) is 2. The molecule has 0 atom stereocenters. The summed E-state index contributed by atoms with van der Waals surface area (Å²) in [6.45, 7) is 4.73. The van der Waals surface area contributed by atoms with Gasteiger partial charge in [-0.2, -0.15) is 0 Å². The van der Waals surface area contributed by atoms with E-state index in [1.807, 2.05) is 6.07 Å². The molecule has 262 valence electrons. The van der Waals surface area contributed by atoms with Gasteiger partial charge in [-0.3, -0.25) is 4.57 Å². The molecule has 0 unspecified atom stereocenters. The molecule has 11 aromatic rings. The van der Waals surface area contributed by atoms with Gasteiger partial charge in [0, 0.05) is 32.7 Å². The number of para-hydroxylation sites is 3.